The number of carbonyl (C=O) groups excluding carboxylic acids is 1. The lowest BCUT2D eigenvalue weighted by Crippen LogP contribution is -2.11. The van der Waals surface area contributed by atoms with Gasteiger partial charge in [-0.25, -0.2) is 4.98 Å². The van der Waals surface area contributed by atoms with Crippen LogP contribution in [0, 0.1) is 5.92 Å². The van der Waals surface area contributed by atoms with Crippen molar-refractivity contribution in [3.05, 3.63) is 53.6 Å². The van der Waals surface area contributed by atoms with Crippen molar-refractivity contribution in [3.63, 3.8) is 0 Å². The Bertz CT molecular complexity index is 526. The first-order valence-electron chi connectivity index (χ1n) is 6.70. The summed E-state index contributed by atoms with van der Waals surface area (Å²) in [5, 5.41) is 0. The van der Waals surface area contributed by atoms with E-state index >= 15 is 0 Å². The van der Waals surface area contributed by atoms with Crippen molar-refractivity contribution in [2.75, 3.05) is 0 Å². The van der Waals surface area contributed by atoms with E-state index in [-0.39, 0.29) is 11.7 Å². The second-order valence-electron chi connectivity index (χ2n) is 5.36. The smallest absolute Gasteiger partial charge is 0.205 e. The lowest BCUT2D eigenvalue weighted by Gasteiger charge is -2.11. The molecule has 0 aliphatic carbocycles. The van der Waals surface area contributed by atoms with Gasteiger partial charge in [-0.3, -0.25) is 4.79 Å². The summed E-state index contributed by atoms with van der Waals surface area (Å²) in [4.78, 5) is 19.1. The Balaban J connectivity index is 2.11. The normalized spacial score (nSPS) is 12.6. The van der Waals surface area contributed by atoms with E-state index in [0.29, 0.717) is 11.7 Å². The largest absolute Gasteiger partial charge is 0.342 e. The maximum atomic E-state index is 12.2. The monoisotopic (exact) mass is 256 g/mol. The number of benzene rings is 1. The van der Waals surface area contributed by atoms with Crippen LogP contribution < -0.4 is 0 Å². The summed E-state index contributed by atoms with van der Waals surface area (Å²) < 4.78 is 0. The fourth-order valence-corrected chi connectivity index (χ4v) is 2.17. The van der Waals surface area contributed by atoms with Gasteiger partial charge in [0.05, 0.1) is 0 Å². The third-order valence-electron chi connectivity index (χ3n) is 3.25. The molecule has 0 amide bonds. The molecule has 1 aromatic heterocycles. The molecule has 0 radical (unpaired) electrons. The molecule has 3 nitrogen and oxygen atoms in total. The molecule has 1 unspecified atom stereocenters. The molecule has 100 valence electrons. The van der Waals surface area contributed by atoms with Crippen molar-refractivity contribution in [3.8, 4) is 0 Å². The summed E-state index contributed by atoms with van der Waals surface area (Å²) in [5.41, 5.74) is 2.35. The molecule has 19 heavy (non-hydrogen) atoms. The van der Waals surface area contributed by atoms with E-state index in [9.17, 15) is 4.79 Å². The summed E-state index contributed by atoms with van der Waals surface area (Å²) in [6.45, 7) is 6.33. The fourth-order valence-electron chi connectivity index (χ4n) is 2.17. The molecule has 0 saturated heterocycles. The average Bonchev–Trinajstić information content (AvgIpc) is 2.91. The first-order chi connectivity index (χ1) is 9.08. The Morgan fingerprint density at radius 2 is 1.89 bits per heavy atom. The molecule has 2 rings (SSSR count). The predicted octanol–water partition coefficient (Wildman–Crippen LogP) is 3.59. The van der Waals surface area contributed by atoms with Gasteiger partial charge in [-0.05, 0) is 23.5 Å². The van der Waals surface area contributed by atoms with Gasteiger partial charge in [-0.1, -0.05) is 45.0 Å². The molecule has 0 aliphatic heterocycles. The standard InChI is InChI=1S/C16H20N2O/c1-11(2)10-13-4-6-14(7-5-13)12(3)15(19)16-17-8-9-18-16/h4-9,11-12H,10H2,1-3H3,(H,17,18). The van der Waals surface area contributed by atoms with Gasteiger partial charge in [-0.15, -0.1) is 0 Å². The van der Waals surface area contributed by atoms with Crippen LogP contribution in [-0.2, 0) is 6.42 Å². The third kappa shape index (κ3) is 3.31. The third-order valence-corrected chi connectivity index (χ3v) is 3.25. The zero-order chi connectivity index (χ0) is 13.8. The average molecular weight is 256 g/mol. The Morgan fingerprint density at radius 3 is 2.42 bits per heavy atom. The molecule has 1 atom stereocenters. The number of nitrogens with zero attached hydrogens (tertiary/aromatic N) is 1. The summed E-state index contributed by atoms with van der Waals surface area (Å²) in [6, 6.07) is 8.31. The van der Waals surface area contributed by atoms with E-state index in [0.717, 1.165) is 12.0 Å². The van der Waals surface area contributed by atoms with Gasteiger partial charge in [0.1, 0.15) is 0 Å². The van der Waals surface area contributed by atoms with Crippen LogP contribution in [0.15, 0.2) is 36.7 Å². The number of imidazole rings is 1. The number of carbonyl (C=O) groups is 1. The summed E-state index contributed by atoms with van der Waals surface area (Å²) >= 11 is 0. The number of ketones is 1. The van der Waals surface area contributed by atoms with Crippen molar-refractivity contribution < 1.29 is 4.79 Å². The lowest BCUT2D eigenvalue weighted by molar-refractivity contribution is 0.0957. The number of hydrogen-bond acceptors (Lipinski definition) is 2. The first-order valence-corrected chi connectivity index (χ1v) is 6.70. The zero-order valence-corrected chi connectivity index (χ0v) is 11.7. The highest BCUT2D eigenvalue weighted by atomic mass is 16.1. The Hall–Kier alpha value is -1.90. The minimum Gasteiger partial charge on any atom is -0.342 e. The quantitative estimate of drug-likeness (QED) is 0.831. The fraction of sp³-hybridized carbons (Fsp3) is 0.375. The van der Waals surface area contributed by atoms with Crippen LogP contribution in [0.25, 0.3) is 0 Å². The van der Waals surface area contributed by atoms with Crippen LogP contribution in [0.4, 0.5) is 0 Å². The molecule has 1 aromatic carbocycles. The van der Waals surface area contributed by atoms with Crippen LogP contribution in [0.5, 0.6) is 0 Å². The number of rotatable bonds is 5. The molecule has 0 spiro atoms. The number of hydrogen-bond donors (Lipinski definition) is 1. The van der Waals surface area contributed by atoms with E-state index < -0.39 is 0 Å². The molecule has 1 heterocycles. The van der Waals surface area contributed by atoms with Gasteiger partial charge in [0.15, 0.2) is 5.82 Å². The summed E-state index contributed by atoms with van der Waals surface area (Å²) in [7, 11) is 0. The van der Waals surface area contributed by atoms with Crippen molar-refractivity contribution in [1.82, 2.24) is 9.97 Å². The molecule has 1 N–H and O–H groups in total. The van der Waals surface area contributed by atoms with E-state index in [1.54, 1.807) is 12.4 Å². The van der Waals surface area contributed by atoms with Gasteiger partial charge >= 0.3 is 0 Å². The molecule has 0 fully saturated rings. The number of H-pyrrole nitrogens is 1. The second-order valence-corrected chi connectivity index (χ2v) is 5.36. The van der Waals surface area contributed by atoms with Gasteiger partial charge in [0.2, 0.25) is 5.78 Å². The van der Waals surface area contributed by atoms with Crippen molar-refractivity contribution >= 4 is 5.78 Å². The first kappa shape index (κ1) is 13.5. The predicted molar refractivity (Wildman–Crippen MR) is 76.3 cm³/mol. The van der Waals surface area contributed by atoms with E-state index in [1.807, 2.05) is 19.1 Å². The highest BCUT2D eigenvalue weighted by molar-refractivity contribution is 5.97. The van der Waals surface area contributed by atoms with Gasteiger partial charge in [0, 0.05) is 18.3 Å². The zero-order valence-electron chi connectivity index (χ0n) is 11.7. The van der Waals surface area contributed by atoms with Crippen LogP contribution in [0.2, 0.25) is 0 Å². The van der Waals surface area contributed by atoms with Crippen molar-refractivity contribution in [2.24, 2.45) is 5.92 Å². The summed E-state index contributed by atoms with van der Waals surface area (Å²) in [6.07, 6.45) is 4.35. The van der Waals surface area contributed by atoms with Crippen molar-refractivity contribution in [1.29, 1.82) is 0 Å². The van der Waals surface area contributed by atoms with Crippen LogP contribution in [-0.4, -0.2) is 15.8 Å². The highest BCUT2D eigenvalue weighted by Gasteiger charge is 2.18. The Kier molecular flexibility index (Phi) is 4.15. The lowest BCUT2D eigenvalue weighted by atomic mass is 9.94. The molecule has 2 aromatic rings. The SMILES string of the molecule is CC(C)Cc1ccc(C(C)C(=O)c2ncc[nH]2)cc1. The minimum absolute atomic E-state index is 0.0293. The van der Waals surface area contributed by atoms with Crippen LogP contribution in [0.1, 0.15) is 48.4 Å². The maximum absolute atomic E-state index is 12.2. The van der Waals surface area contributed by atoms with Crippen LogP contribution in [0.3, 0.4) is 0 Å². The number of Topliss-reactive ketones (excluding diaryl/α,β-unsaturated/α-hetero) is 1. The van der Waals surface area contributed by atoms with E-state index in [4.69, 9.17) is 0 Å². The molecule has 0 saturated carbocycles. The van der Waals surface area contributed by atoms with Gasteiger partial charge in [-0.2, -0.15) is 0 Å². The molecular formula is C16H20N2O. The number of aromatic nitrogens is 2. The van der Waals surface area contributed by atoms with Gasteiger partial charge < -0.3 is 4.98 Å². The van der Waals surface area contributed by atoms with Crippen molar-refractivity contribution in [2.45, 2.75) is 33.1 Å². The van der Waals surface area contributed by atoms with Crippen LogP contribution >= 0.6 is 0 Å². The molecule has 3 heteroatoms. The Morgan fingerprint density at radius 1 is 1.21 bits per heavy atom. The van der Waals surface area contributed by atoms with E-state index in [2.05, 4.69) is 35.9 Å². The topological polar surface area (TPSA) is 45.8 Å². The summed E-state index contributed by atoms with van der Waals surface area (Å²) in [5.74, 6) is 0.938. The molecule has 0 bridgehead atoms. The molecule has 0 aliphatic rings. The maximum Gasteiger partial charge on any atom is 0.205 e. The highest BCUT2D eigenvalue weighted by Crippen LogP contribution is 2.20. The Labute approximate surface area is 114 Å². The van der Waals surface area contributed by atoms with E-state index in [1.165, 1.54) is 5.56 Å². The number of aromatic amines is 1. The number of nitrogens with one attached hydrogen (secondary N) is 1. The minimum atomic E-state index is -0.167. The van der Waals surface area contributed by atoms with Gasteiger partial charge in [0.25, 0.3) is 0 Å². The molecular weight excluding hydrogens is 236 g/mol. The second kappa shape index (κ2) is 5.83.